The number of hydrogen-bond acceptors (Lipinski definition) is 4. The number of hydrogen-bond donors (Lipinski definition) is 0. The molecule has 0 radical (unpaired) electrons. The van der Waals surface area contributed by atoms with Gasteiger partial charge in [-0.05, 0) is 67.8 Å². The van der Waals surface area contributed by atoms with E-state index in [4.69, 9.17) is 0 Å². The van der Waals surface area contributed by atoms with Crippen LogP contribution in [0.5, 0.6) is 0 Å². The van der Waals surface area contributed by atoms with Crippen LogP contribution in [-0.2, 0) is 5.75 Å². The number of imide groups is 1. The van der Waals surface area contributed by atoms with Crippen LogP contribution >= 0.6 is 11.8 Å². The third-order valence-electron chi connectivity index (χ3n) is 5.07. The molecule has 7 heteroatoms. The highest BCUT2D eigenvalue weighted by molar-refractivity contribution is 7.98. The smallest absolute Gasteiger partial charge is 0.268 e. The molecule has 0 atom stereocenters. The summed E-state index contributed by atoms with van der Waals surface area (Å²) in [4.78, 5) is 31.8. The van der Waals surface area contributed by atoms with E-state index in [0.717, 1.165) is 23.3 Å². The molecule has 0 N–H and O–H groups in total. The molecule has 1 aromatic heterocycles. The first kappa shape index (κ1) is 20.2. The van der Waals surface area contributed by atoms with E-state index >= 15 is 0 Å². The SMILES string of the molecule is Cc1cc2c(c(SCc3ccc(F)c(F)c3)n1)C(=O)N(c1ccc(C)c(C)c1)C2=O. The summed E-state index contributed by atoms with van der Waals surface area (Å²) in [5, 5.41) is 0.402. The first-order chi connectivity index (χ1) is 14.3. The van der Waals surface area contributed by atoms with Crippen molar-refractivity contribution in [1.29, 1.82) is 0 Å². The second-order valence-electron chi connectivity index (χ2n) is 7.24. The lowest BCUT2D eigenvalue weighted by atomic mass is 10.1. The molecule has 2 amide bonds. The first-order valence-electron chi connectivity index (χ1n) is 9.30. The second kappa shape index (κ2) is 7.65. The molecule has 152 valence electrons. The van der Waals surface area contributed by atoms with E-state index in [0.29, 0.717) is 27.5 Å². The summed E-state index contributed by atoms with van der Waals surface area (Å²) in [5.74, 6) is -2.38. The Morgan fingerprint density at radius 3 is 2.37 bits per heavy atom. The van der Waals surface area contributed by atoms with Crippen LogP contribution < -0.4 is 4.90 Å². The molecule has 0 saturated carbocycles. The van der Waals surface area contributed by atoms with Crippen LogP contribution in [0.15, 0.2) is 47.5 Å². The molecule has 0 bridgehead atoms. The van der Waals surface area contributed by atoms with Crippen molar-refractivity contribution in [2.45, 2.75) is 31.6 Å². The summed E-state index contributed by atoms with van der Waals surface area (Å²) in [6, 6.07) is 10.7. The molecular formula is C23H18F2N2O2S. The van der Waals surface area contributed by atoms with E-state index in [1.54, 1.807) is 19.1 Å². The Morgan fingerprint density at radius 2 is 1.67 bits per heavy atom. The fourth-order valence-electron chi connectivity index (χ4n) is 3.33. The van der Waals surface area contributed by atoms with Crippen LogP contribution in [-0.4, -0.2) is 16.8 Å². The number of aromatic nitrogens is 1. The Morgan fingerprint density at radius 1 is 0.900 bits per heavy atom. The minimum atomic E-state index is -0.928. The predicted molar refractivity (Wildman–Crippen MR) is 112 cm³/mol. The van der Waals surface area contributed by atoms with Crippen molar-refractivity contribution >= 4 is 29.3 Å². The van der Waals surface area contributed by atoms with Gasteiger partial charge in [0, 0.05) is 11.4 Å². The summed E-state index contributed by atoms with van der Waals surface area (Å²) < 4.78 is 26.7. The summed E-state index contributed by atoms with van der Waals surface area (Å²) >= 11 is 1.22. The zero-order valence-corrected chi connectivity index (χ0v) is 17.4. The topological polar surface area (TPSA) is 50.3 Å². The van der Waals surface area contributed by atoms with E-state index in [2.05, 4.69) is 4.98 Å². The predicted octanol–water partition coefficient (Wildman–Crippen LogP) is 5.38. The van der Waals surface area contributed by atoms with Crippen molar-refractivity contribution in [1.82, 2.24) is 4.98 Å². The highest BCUT2D eigenvalue weighted by Gasteiger charge is 2.39. The number of thioether (sulfide) groups is 1. The lowest BCUT2D eigenvalue weighted by Crippen LogP contribution is -2.29. The number of anilines is 1. The summed E-state index contributed by atoms with van der Waals surface area (Å²) in [7, 11) is 0. The molecule has 0 spiro atoms. The standard InChI is InChI=1S/C23H18F2N2O2S/c1-12-4-6-16(8-13(12)2)27-22(28)17-9-14(3)26-21(20(17)23(27)29)30-11-15-5-7-18(24)19(25)10-15/h4-10H,11H2,1-3H3. The third-order valence-corrected chi connectivity index (χ3v) is 6.12. The van der Waals surface area contributed by atoms with Gasteiger partial charge in [-0.3, -0.25) is 9.59 Å². The molecular weight excluding hydrogens is 406 g/mol. The van der Waals surface area contributed by atoms with Gasteiger partial charge in [0.25, 0.3) is 11.8 Å². The summed E-state index contributed by atoms with van der Waals surface area (Å²) in [6.07, 6.45) is 0. The van der Waals surface area contributed by atoms with Gasteiger partial charge in [0.1, 0.15) is 5.03 Å². The first-order valence-corrected chi connectivity index (χ1v) is 10.3. The van der Waals surface area contributed by atoms with Crippen LogP contribution in [0.25, 0.3) is 0 Å². The van der Waals surface area contributed by atoms with Crippen LogP contribution in [0, 0.1) is 32.4 Å². The van der Waals surface area contributed by atoms with Crippen molar-refractivity contribution < 1.29 is 18.4 Å². The maximum Gasteiger partial charge on any atom is 0.268 e. The monoisotopic (exact) mass is 424 g/mol. The van der Waals surface area contributed by atoms with E-state index in [1.807, 2.05) is 26.0 Å². The van der Waals surface area contributed by atoms with Crippen molar-refractivity contribution in [3.8, 4) is 0 Å². The fraction of sp³-hybridized carbons (Fsp3) is 0.174. The van der Waals surface area contributed by atoms with Crippen LogP contribution in [0.1, 0.15) is 43.1 Å². The Bertz CT molecular complexity index is 1210. The number of halogens is 2. The minimum Gasteiger partial charge on any atom is -0.268 e. The third kappa shape index (κ3) is 3.50. The Hall–Kier alpha value is -3.06. The van der Waals surface area contributed by atoms with Gasteiger partial charge < -0.3 is 0 Å². The van der Waals surface area contributed by atoms with Gasteiger partial charge in [0.15, 0.2) is 11.6 Å². The number of amides is 2. The number of benzene rings is 2. The molecule has 0 aliphatic carbocycles. The summed E-state index contributed by atoms with van der Waals surface area (Å²) in [5.41, 5.74) is 4.26. The van der Waals surface area contributed by atoms with Crippen LogP contribution in [0.4, 0.5) is 14.5 Å². The quantitative estimate of drug-likeness (QED) is 0.417. The normalized spacial score (nSPS) is 13.2. The average Bonchev–Trinajstić information content (AvgIpc) is 2.95. The number of carbonyl (C=O) groups is 2. The maximum absolute atomic E-state index is 13.5. The van der Waals surface area contributed by atoms with Crippen LogP contribution in [0.3, 0.4) is 0 Å². The minimum absolute atomic E-state index is 0.247. The highest BCUT2D eigenvalue weighted by atomic mass is 32.2. The van der Waals surface area contributed by atoms with Gasteiger partial charge in [0.2, 0.25) is 0 Å². The number of rotatable bonds is 4. The number of fused-ring (bicyclic) bond motifs is 1. The number of nitrogens with zero attached hydrogens (tertiary/aromatic N) is 2. The van der Waals surface area contributed by atoms with E-state index < -0.39 is 23.4 Å². The van der Waals surface area contributed by atoms with E-state index in [9.17, 15) is 18.4 Å². The number of carbonyl (C=O) groups excluding carboxylic acids is 2. The Balaban J connectivity index is 1.69. The average molecular weight is 424 g/mol. The molecule has 2 heterocycles. The molecule has 4 rings (SSSR count). The molecule has 3 aromatic rings. The maximum atomic E-state index is 13.5. The zero-order chi connectivity index (χ0) is 21.6. The lowest BCUT2D eigenvalue weighted by molar-refractivity contribution is 0.0925. The molecule has 0 saturated heterocycles. The molecule has 0 unspecified atom stereocenters. The van der Waals surface area contributed by atoms with Crippen molar-refractivity contribution in [2.75, 3.05) is 4.90 Å². The second-order valence-corrected chi connectivity index (χ2v) is 8.21. The van der Waals surface area contributed by atoms with Gasteiger partial charge in [-0.2, -0.15) is 0 Å². The fourth-order valence-corrected chi connectivity index (χ4v) is 4.36. The Kier molecular flexibility index (Phi) is 5.15. The van der Waals surface area contributed by atoms with Crippen molar-refractivity contribution in [2.24, 2.45) is 0 Å². The van der Waals surface area contributed by atoms with Crippen LogP contribution in [0.2, 0.25) is 0 Å². The molecule has 2 aromatic carbocycles. The summed E-state index contributed by atoms with van der Waals surface area (Å²) in [6.45, 7) is 5.63. The lowest BCUT2D eigenvalue weighted by Gasteiger charge is -2.15. The molecule has 30 heavy (non-hydrogen) atoms. The highest BCUT2D eigenvalue weighted by Crippen LogP contribution is 2.36. The van der Waals surface area contributed by atoms with Gasteiger partial charge in [-0.1, -0.05) is 12.1 Å². The van der Waals surface area contributed by atoms with Gasteiger partial charge in [-0.15, -0.1) is 11.8 Å². The molecule has 1 aliphatic heterocycles. The molecule has 1 aliphatic rings. The zero-order valence-electron chi connectivity index (χ0n) is 16.6. The van der Waals surface area contributed by atoms with E-state index in [1.165, 1.54) is 22.7 Å². The number of aryl methyl sites for hydroxylation is 3. The molecule has 4 nitrogen and oxygen atoms in total. The number of pyridine rings is 1. The Labute approximate surface area is 176 Å². The van der Waals surface area contributed by atoms with Gasteiger partial charge in [0.05, 0.1) is 16.8 Å². The largest absolute Gasteiger partial charge is 0.268 e. The van der Waals surface area contributed by atoms with Crippen molar-refractivity contribution in [3.05, 3.63) is 87.6 Å². The van der Waals surface area contributed by atoms with E-state index in [-0.39, 0.29) is 11.3 Å². The van der Waals surface area contributed by atoms with Crippen molar-refractivity contribution in [3.63, 3.8) is 0 Å². The van der Waals surface area contributed by atoms with Gasteiger partial charge in [-0.25, -0.2) is 18.7 Å². The molecule has 0 fully saturated rings. The van der Waals surface area contributed by atoms with Gasteiger partial charge >= 0.3 is 0 Å².